The van der Waals surface area contributed by atoms with Gasteiger partial charge in [0.15, 0.2) is 10.8 Å². The van der Waals surface area contributed by atoms with Crippen molar-refractivity contribution < 1.29 is 0 Å². The number of H-pyrrole nitrogens is 1. The maximum absolute atomic E-state index is 6.03. The van der Waals surface area contributed by atoms with E-state index in [1.807, 2.05) is 18.3 Å². The summed E-state index contributed by atoms with van der Waals surface area (Å²) < 4.78 is 1.58. The molecule has 0 amide bonds. The molecule has 8 heteroatoms. The first-order chi connectivity index (χ1) is 9.72. The van der Waals surface area contributed by atoms with Crippen LogP contribution in [-0.4, -0.2) is 29.5 Å². The van der Waals surface area contributed by atoms with Crippen LogP contribution in [0.1, 0.15) is 0 Å². The molecule has 0 unspecified atom stereocenters. The lowest BCUT2D eigenvalue weighted by Gasteiger charge is -2.00. The van der Waals surface area contributed by atoms with Crippen molar-refractivity contribution in [2.24, 2.45) is 0 Å². The first kappa shape index (κ1) is 11.2. The van der Waals surface area contributed by atoms with Gasteiger partial charge in [0.25, 0.3) is 0 Å². The summed E-state index contributed by atoms with van der Waals surface area (Å²) in [4.78, 5) is 15.3. The van der Waals surface area contributed by atoms with Crippen LogP contribution < -0.4 is 5.73 Å². The highest BCUT2D eigenvalue weighted by Gasteiger charge is 2.11. The van der Waals surface area contributed by atoms with Crippen molar-refractivity contribution in [2.75, 3.05) is 5.73 Å². The van der Waals surface area contributed by atoms with Crippen LogP contribution in [0, 0.1) is 0 Å². The molecule has 0 spiro atoms. The molecule has 0 aliphatic heterocycles. The Labute approximate surface area is 117 Å². The number of imidazole rings is 1. The zero-order valence-corrected chi connectivity index (χ0v) is 10.8. The largest absolute Gasteiger partial charge is 0.368 e. The monoisotopic (exact) mass is 285 g/mol. The van der Waals surface area contributed by atoms with E-state index in [-0.39, 0.29) is 5.95 Å². The molecule has 0 aliphatic carbocycles. The molecule has 7 nitrogen and oxygen atoms in total. The molecule has 0 radical (unpaired) electrons. The van der Waals surface area contributed by atoms with Crippen molar-refractivity contribution in [3.05, 3.63) is 35.9 Å². The van der Waals surface area contributed by atoms with Gasteiger partial charge in [-0.2, -0.15) is 10.1 Å². The normalized spacial score (nSPS) is 11.4. The van der Waals surface area contributed by atoms with E-state index in [1.54, 1.807) is 16.9 Å². The third kappa shape index (κ3) is 1.53. The maximum atomic E-state index is 6.03. The van der Waals surface area contributed by atoms with Crippen LogP contribution in [0.2, 0.25) is 5.15 Å². The molecule has 4 heterocycles. The number of hydrogen-bond donors (Lipinski definition) is 2. The highest BCUT2D eigenvalue weighted by atomic mass is 35.5. The predicted octanol–water partition coefficient (Wildman–Crippen LogP) is 1.90. The Balaban J connectivity index is 1.98. The minimum absolute atomic E-state index is 0.229. The zero-order valence-electron chi connectivity index (χ0n) is 10.1. The Kier molecular flexibility index (Phi) is 2.19. The van der Waals surface area contributed by atoms with Gasteiger partial charge in [-0.1, -0.05) is 11.6 Å². The standard InChI is InChI=1S/C12H8ClN7/c13-9-5-15-10-2-1-8(19-20(9)10)6-3-16-11-7(6)4-17-12(14)18-11/h1-5H,(H3,14,16,17,18). The second-order valence-electron chi connectivity index (χ2n) is 4.26. The maximum Gasteiger partial charge on any atom is 0.221 e. The Morgan fingerprint density at radius 2 is 2.10 bits per heavy atom. The molecule has 0 fully saturated rings. The lowest BCUT2D eigenvalue weighted by Crippen LogP contribution is -1.95. The molecule has 4 rings (SSSR count). The molecule has 20 heavy (non-hydrogen) atoms. The second kappa shape index (κ2) is 3.91. The minimum Gasteiger partial charge on any atom is -0.368 e. The summed E-state index contributed by atoms with van der Waals surface area (Å²) >= 11 is 6.03. The van der Waals surface area contributed by atoms with Crippen LogP contribution in [0.25, 0.3) is 27.9 Å². The van der Waals surface area contributed by atoms with E-state index < -0.39 is 0 Å². The number of nitrogens with one attached hydrogen (secondary N) is 1. The van der Waals surface area contributed by atoms with Gasteiger partial charge in [0.2, 0.25) is 5.95 Å². The number of aromatic nitrogens is 6. The van der Waals surface area contributed by atoms with Crippen molar-refractivity contribution in [2.45, 2.75) is 0 Å². The van der Waals surface area contributed by atoms with Gasteiger partial charge in [-0.15, -0.1) is 0 Å². The minimum atomic E-state index is 0.229. The molecule has 0 saturated carbocycles. The van der Waals surface area contributed by atoms with Crippen molar-refractivity contribution in [3.63, 3.8) is 0 Å². The Morgan fingerprint density at radius 1 is 1.20 bits per heavy atom. The predicted molar refractivity (Wildman–Crippen MR) is 75.3 cm³/mol. The number of aromatic amines is 1. The van der Waals surface area contributed by atoms with E-state index in [4.69, 9.17) is 17.3 Å². The fourth-order valence-electron chi connectivity index (χ4n) is 2.12. The molecule has 3 N–H and O–H groups in total. The van der Waals surface area contributed by atoms with E-state index in [2.05, 4.69) is 25.0 Å². The van der Waals surface area contributed by atoms with Gasteiger partial charge in [-0.3, -0.25) is 0 Å². The topological polar surface area (TPSA) is 97.8 Å². The first-order valence-electron chi connectivity index (χ1n) is 5.82. The van der Waals surface area contributed by atoms with Gasteiger partial charge >= 0.3 is 0 Å². The van der Waals surface area contributed by atoms with Crippen molar-refractivity contribution in [1.82, 2.24) is 29.5 Å². The summed E-state index contributed by atoms with van der Waals surface area (Å²) in [5, 5.41) is 5.77. The van der Waals surface area contributed by atoms with Gasteiger partial charge in [0, 0.05) is 23.3 Å². The molecule has 98 valence electrons. The average molecular weight is 286 g/mol. The van der Waals surface area contributed by atoms with Gasteiger partial charge in [-0.05, 0) is 12.1 Å². The number of nitrogens with two attached hydrogens (primary N) is 1. The summed E-state index contributed by atoms with van der Waals surface area (Å²) in [6, 6.07) is 3.73. The molecule has 0 atom stereocenters. The van der Waals surface area contributed by atoms with Crippen LogP contribution in [0.5, 0.6) is 0 Å². The van der Waals surface area contributed by atoms with Crippen molar-refractivity contribution in [1.29, 1.82) is 0 Å². The highest BCUT2D eigenvalue weighted by Crippen LogP contribution is 2.26. The van der Waals surface area contributed by atoms with E-state index in [1.165, 1.54) is 0 Å². The molecule has 4 aromatic heterocycles. The number of fused-ring (bicyclic) bond motifs is 2. The number of rotatable bonds is 1. The average Bonchev–Trinajstić information content (AvgIpc) is 3.02. The first-order valence-corrected chi connectivity index (χ1v) is 6.20. The molecule has 0 bridgehead atoms. The van der Waals surface area contributed by atoms with Gasteiger partial charge in [0.1, 0.15) is 5.65 Å². The van der Waals surface area contributed by atoms with Gasteiger partial charge < -0.3 is 10.7 Å². The van der Waals surface area contributed by atoms with Crippen molar-refractivity contribution in [3.8, 4) is 11.3 Å². The number of nitrogens with zero attached hydrogens (tertiary/aromatic N) is 5. The fourth-order valence-corrected chi connectivity index (χ4v) is 2.29. The van der Waals surface area contributed by atoms with E-state index >= 15 is 0 Å². The van der Waals surface area contributed by atoms with E-state index in [0.717, 1.165) is 16.6 Å². The van der Waals surface area contributed by atoms with E-state index in [0.29, 0.717) is 16.4 Å². The van der Waals surface area contributed by atoms with E-state index in [9.17, 15) is 0 Å². The van der Waals surface area contributed by atoms with Crippen LogP contribution >= 0.6 is 11.6 Å². The molecule has 0 aromatic carbocycles. The summed E-state index contributed by atoms with van der Waals surface area (Å²) in [6.07, 6.45) is 5.05. The third-order valence-corrected chi connectivity index (χ3v) is 3.31. The number of halogens is 1. The highest BCUT2D eigenvalue weighted by molar-refractivity contribution is 6.29. The Bertz CT molecular complexity index is 939. The molecule has 0 saturated heterocycles. The molecular weight excluding hydrogens is 278 g/mol. The van der Waals surface area contributed by atoms with Gasteiger partial charge in [0.05, 0.1) is 11.9 Å². The second-order valence-corrected chi connectivity index (χ2v) is 4.65. The smallest absolute Gasteiger partial charge is 0.221 e. The Morgan fingerprint density at radius 3 is 3.00 bits per heavy atom. The lowest BCUT2D eigenvalue weighted by atomic mass is 10.2. The van der Waals surface area contributed by atoms with Crippen LogP contribution in [0.4, 0.5) is 5.95 Å². The quantitative estimate of drug-likeness (QED) is 0.556. The number of hydrogen-bond acceptors (Lipinski definition) is 5. The summed E-state index contributed by atoms with van der Waals surface area (Å²) in [6.45, 7) is 0. The fraction of sp³-hybridized carbons (Fsp3) is 0. The van der Waals surface area contributed by atoms with Crippen LogP contribution in [-0.2, 0) is 0 Å². The molecule has 4 aromatic rings. The molecule has 0 aliphatic rings. The molecular formula is C12H8ClN7. The SMILES string of the molecule is Nc1ncc2c(-c3ccc4ncc(Cl)n4n3)c[nH]c2n1. The van der Waals surface area contributed by atoms with Crippen molar-refractivity contribution >= 4 is 34.2 Å². The number of anilines is 1. The summed E-state index contributed by atoms with van der Waals surface area (Å²) in [7, 11) is 0. The zero-order chi connectivity index (χ0) is 13.7. The third-order valence-electron chi connectivity index (χ3n) is 3.05. The van der Waals surface area contributed by atoms with Gasteiger partial charge in [-0.25, -0.2) is 14.5 Å². The lowest BCUT2D eigenvalue weighted by molar-refractivity contribution is 0.944. The summed E-state index contributed by atoms with van der Waals surface area (Å²) in [5.74, 6) is 0.229. The number of nitrogen functional groups attached to an aromatic ring is 1. The summed E-state index contributed by atoms with van der Waals surface area (Å²) in [5.41, 5.74) is 8.56. The van der Waals surface area contributed by atoms with Crippen LogP contribution in [0.15, 0.2) is 30.7 Å². The Hall–Kier alpha value is -2.67. The van der Waals surface area contributed by atoms with Crippen LogP contribution in [0.3, 0.4) is 0 Å².